The molecule has 1 saturated heterocycles. The van der Waals surface area contributed by atoms with Gasteiger partial charge >= 0.3 is 0 Å². The topological polar surface area (TPSA) is 38.7 Å². The van der Waals surface area contributed by atoms with E-state index in [1.807, 2.05) is 0 Å². The Hall–Kier alpha value is -1.57. The second kappa shape index (κ2) is 7.13. The highest BCUT2D eigenvalue weighted by atomic mass is 19.1. The van der Waals surface area contributed by atoms with Gasteiger partial charge in [0.15, 0.2) is 0 Å². The summed E-state index contributed by atoms with van der Waals surface area (Å²) < 4.78 is 24.7. The van der Waals surface area contributed by atoms with E-state index < -0.39 is 5.82 Å². The number of halogens is 1. The summed E-state index contributed by atoms with van der Waals surface area (Å²) in [7, 11) is 0. The molecule has 102 valence electrons. The minimum absolute atomic E-state index is 0.000488. The molecule has 1 fully saturated rings. The van der Waals surface area contributed by atoms with Gasteiger partial charge in [0, 0.05) is 19.1 Å². The van der Waals surface area contributed by atoms with Crippen LogP contribution in [0.1, 0.15) is 24.8 Å². The quantitative estimate of drug-likeness (QED) is 0.850. The van der Waals surface area contributed by atoms with Crippen molar-refractivity contribution in [3.8, 4) is 17.6 Å². The van der Waals surface area contributed by atoms with Crippen LogP contribution in [0.15, 0.2) is 18.2 Å². The Morgan fingerprint density at radius 1 is 1.47 bits per heavy atom. The van der Waals surface area contributed by atoms with Crippen molar-refractivity contribution in [3.05, 3.63) is 29.6 Å². The van der Waals surface area contributed by atoms with Crippen LogP contribution in [0.4, 0.5) is 4.39 Å². The molecular formula is C15H17FO3. The zero-order valence-electron chi connectivity index (χ0n) is 10.7. The zero-order valence-corrected chi connectivity index (χ0v) is 10.7. The molecule has 0 aromatic heterocycles. The average Bonchev–Trinajstić information content (AvgIpc) is 2.43. The van der Waals surface area contributed by atoms with Gasteiger partial charge in [-0.1, -0.05) is 11.8 Å². The van der Waals surface area contributed by atoms with E-state index in [0.29, 0.717) is 24.3 Å². The van der Waals surface area contributed by atoms with Gasteiger partial charge in [0.25, 0.3) is 0 Å². The van der Waals surface area contributed by atoms with Crippen LogP contribution >= 0.6 is 0 Å². The van der Waals surface area contributed by atoms with Gasteiger partial charge < -0.3 is 14.6 Å². The number of benzene rings is 1. The summed E-state index contributed by atoms with van der Waals surface area (Å²) in [6, 6.07) is 4.65. The van der Waals surface area contributed by atoms with Crippen LogP contribution in [0, 0.1) is 17.7 Å². The standard InChI is InChI=1S/C15H17FO3/c16-15-10-13(19-14-5-3-9-18-11-14)7-6-12(15)4-1-2-8-17/h6-7,10,14,17H,2-3,5,8-9,11H2. The molecular weight excluding hydrogens is 247 g/mol. The largest absolute Gasteiger partial charge is 0.488 e. The van der Waals surface area contributed by atoms with Gasteiger partial charge in [0.2, 0.25) is 0 Å². The summed E-state index contributed by atoms with van der Waals surface area (Å²) in [5.74, 6) is 5.47. The van der Waals surface area contributed by atoms with E-state index in [1.165, 1.54) is 6.07 Å². The highest BCUT2D eigenvalue weighted by molar-refractivity contribution is 5.39. The van der Waals surface area contributed by atoms with Crippen LogP contribution in [0.3, 0.4) is 0 Å². The summed E-state index contributed by atoms with van der Waals surface area (Å²) in [4.78, 5) is 0. The third-order valence-electron chi connectivity index (χ3n) is 2.82. The molecule has 1 aliphatic rings. The molecule has 0 spiro atoms. The number of hydrogen-bond donors (Lipinski definition) is 1. The van der Waals surface area contributed by atoms with E-state index in [1.54, 1.807) is 12.1 Å². The summed E-state index contributed by atoms with van der Waals surface area (Å²) in [5.41, 5.74) is 0.320. The number of aliphatic hydroxyl groups excluding tert-OH is 1. The van der Waals surface area contributed by atoms with Gasteiger partial charge in [0.1, 0.15) is 17.7 Å². The SMILES string of the molecule is OCCC#Cc1ccc(OC2CCCOC2)cc1F. The van der Waals surface area contributed by atoms with Crippen LogP contribution in [0.2, 0.25) is 0 Å². The fourth-order valence-electron chi connectivity index (χ4n) is 1.88. The molecule has 1 aromatic carbocycles. The van der Waals surface area contributed by atoms with Gasteiger partial charge in [-0.25, -0.2) is 4.39 Å². The fraction of sp³-hybridized carbons (Fsp3) is 0.467. The predicted octanol–water partition coefficient (Wildman–Crippen LogP) is 2.12. The van der Waals surface area contributed by atoms with E-state index in [2.05, 4.69) is 11.8 Å². The highest BCUT2D eigenvalue weighted by Gasteiger charge is 2.15. The van der Waals surface area contributed by atoms with E-state index >= 15 is 0 Å². The van der Waals surface area contributed by atoms with Crippen molar-refractivity contribution in [2.75, 3.05) is 19.8 Å². The van der Waals surface area contributed by atoms with Crippen molar-refractivity contribution in [1.29, 1.82) is 0 Å². The number of hydrogen-bond acceptors (Lipinski definition) is 3. The number of ether oxygens (including phenoxy) is 2. The summed E-state index contributed by atoms with van der Waals surface area (Å²) in [6.07, 6.45) is 2.24. The van der Waals surface area contributed by atoms with Crippen molar-refractivity contribution in [2.45, 2.75) is 25.4 Å². The molecule has 1 heterocycles. The molecule has 0 radical (unpaired) electrons. The van der Waals surface area contributed by atoms with Gasteiger partial charge in [-0.05, 0) is 25.0 Å². The maximum atomic E-state index is 13.8. The number of rotatable bonds is 3. The molecule has 3 nitrogen and oxygen atoms in total. The lowest BCUT2D eigenvalue weighted by atomic mass is 10.1. The Bertz CT molecular complexity index is 470. The van der Waals surface area contributed by atoms with Crippen molar-refractivity contribution < 1.29 is 19.0 Å². The highest BCUT2D eigenvalue weighted by Crippen LogP contribution is 2.20. The molecule has 0 bridgehead atoms. The molecule has 0 aliphatic carbocycles. The molecule has 1 N–H and O–H groups in total. The summed E-state index contributed by atoms with van der Waals surface area (Å²) in [6.45, 7) is 1.31. The van der Waals surface area contributed by atoms with Crippen LogP contribution in [-0.4, -0.2) is 31.0 Å². The lowest BCUT2D eigenvalue weighted by molar-refractivity contribution is 0.00731. The first-order valence-electron chi connectivity index (χ1n) is 6.43. The van der Waals surface area contributed by atoms with Gasteiger partial charge in [-0.3, -0.25) is 0 Å². The Balaban J connectivity index is 2.00. The first kappa shape index (κ1) is 13.9. The Labute approximate surface area is 112 Å². The van der Waals surface area contributed by atoms with E-state index in [4.69, 9.17) is 14.6 Å². The predicted molar refractivity (Wildman–Crippen MR) is 69.4 cm³/mol. The first-order valence-corrected chi connectivity index (χ1v) is 6.43. The Morgan fingerprint density at radius 3 is 3.05 bits per heavy atom. The van der Waals surface area contributed by atoms with Crippen molar-refractivity contribution in [3.63, 3.8) is 0 Å². The normalized spacial score (nSPS) is 18.5. The van der Waals surface area contributed by atoms with Crippen molar-refractivity contribution in [1.82, 2.24) is 0 Å². The van der Waals surface area contributed by atoms with Crippen LogP contribution in [0.25, 0.3) is 0 Å². The van der Waals surface area contributed by atoms with Gasteiger partial charge in [-0.15, -0.1) is 0 Å². The van der Waals surface area contributed by atoms with Crippen LogP contribution in [0.5, 0.6) is 5.75 Å². The average molecular weight is 264 g/mol. The molecule has 0 saturated carbocycles. The maximum absolute atomic E-state index is 13.8. The molecule has 1 atom stereocenters. The van der Waals surface area contributed by atoms with Gasteiger partial charge in [0.05, 0.1) is 18.8 Å². The molecule has 1 aliphatic heterocycles. The fourth-order valence-corrected chi connectivity index (χ4v) is 1.88. The van der Waals surface area contributed by atoms with E-state index in [-0.39, 0.29) is 12.7 Å². The lowest BCUT2D eigenvalue weighted by Gasteiger charge is -2.23. The molecule has 4 heteroatoms. The zero-order chi connectivity index (χ0) is 13.5. The van der Waals surface area contributed by atoms with E-state index in [0.717, 1.165) is 19.4 Å². The summed E-state index contributed by atoms with van der Waals surface area (Å²) >= 11 is 0. The van der Waals surface area contributed by atoms with Crippen molar-refractivity contribution in [2.24, 2.45) is 0 Å². The van der Waals surface area contributed by atoms with Gasteiger partial charge in [-0.2, -0.15) is 0 Å². The lowest BCUT2D eigenvalue weighted by Crippen LogP contribution is -2.28. The monoisotopic (exact) mass is 264 g/mol. The third-order valence-corrected chi connectivity index (χ3v) is 2.82. The Morgan fingerprint density at radius 2 is 2.37 bits per heavy atom. The minimum atomic E-state index is -0.403. The molecule has 19 heavy (non-hydrogen) atoms. The Kier molecular flexibility index (Phi) is 5.20. The first-order chi connectivity index (χ1) is 9.29. The maximum Gasteiger partial charge on any atom is 0.142 e. The molecule has 2 rings (SSSR count). The minimum Gasteiger partial charge on any atom is -0.488 e. The van der Waals surface area contributed by atoms with Crippen molar-refractivity contribution >= 4 is 0 Å². The molecule has 1 aromatic rings. The van der Waals surface area contributed by atoms with Crippen LogP contribution < -0.4 is 4.74 Å². The van der Waals surface area contributed by atoms with Crippen LogP contribution in [-0.2, 0) is 4.74 Å². The summed E-state index contributed by atoms with van der Waals surface area (Å²) in [5, 5.41) is 8.61. The third kappa shape index (κ3) is 4.23. The molecule has 1 unspecified atom stereocenters. The second-order valence-corrected chi connectivity index (χ2v) is 4.37. The number of aliphatic hydroxyl groups is 1. The second-order valence-electron chi connectivity index (χ2n) is 4.37. The smallest absolute Gasteiger partial charge is 0.142 e. The molecule has 0 amide bonds. The van der Waals surface area contributed by atoms with E-state index in [9.17, 15) is 4.39 Å².